The van der Waals surface area contributed by atoms with Crippen LogP contribution in [0.15, 0.2) is 47.4 Å². The van der Waals surface area contributed by atoms with Crippen LogP contribution in [0.4, 0.5) is 9.52 Å². The van der Waals surface area contributed by atoms with Crippen molar-refractivity contribution >= 4 is 54.2 Å². The minimum Gasteiger partial charge on any atom is -0.302 e. The monoisotopic (exact) mass is 538 g/mol. The van der Waals surface area contributed by atoms with Gasteiger partial charge in [0.25, 0.3) is 0 Å². The zero-order chi connectivity index (χ0) is 25.2. The van der Waals surface area contributed by atoms with Crippen LogP contribution in [-0.4, -0.2) is 67.3 Å². The van der Waals surface area contributed by atoms with Gasteiger partial charge in [-0.05, 0) is 68.4 Å². The Labute approximate surface area is 214 Å². The van der Waals surface area contributed by atoms with Crippen LogP contribution in [0, 0.1) is 5.82 Å². The van der Waals surface area contributed by atoms with Crippen molar-refractivity contribution in [3.8, 4) is 0 Å². The molecule has 11 heteroatoms. The Bertz CT molecular complexity index is 1300. The lowest BCUT2D eigenvalue weighted by Gasteiger charge is -2.30. The molecular weight excluding hydrogens is 511 g/mol. The molecule has 1 amide bonds. The van der Waals surface area contributed by atoms with Crippen molar-refractivity contribution < 1.29 is 17.6 Å². The molecule has 1 aliphatic heterocycles. The molecule has 1 saturated heterocycles. The summed E-state index contributed by atoms with van der Waals surface area (Å²) in [5.41, 5.74) is 0.601. The molecule has 1 fully saturated rings. The van der Waals surface area contributed by atoms with Crippen molar-refractivity contribution in [2.24, 2.45) is 0 Å². The Morgan fingerprint density at radius 2 is 1.89 bits per heavy atom. The third-order valence-corrected chi connectivity index (χ3v) is 9.49. The number of thiazole rings is 1. The number of carbonyl (C=O) groups excluding carboxylic acids is 1. The van der Waals surface area contributed by atoms with E-state index in [0.717, 1.165) is 13.1 Å². The van der Waals surface area contributed by atoms with Gasteiger partial charge in [0.15, 0.2) is 5.13 Å². The van der Waals surface area contributed by atoms with Gasteiger partial charge in [0.05, 0.1) is 15.1 Å². The van der Waals surface area contributed by atoms with E-state index < -0.39 is 16.1 Å². The van der Waals surface area contributed by atoms with Gasteiger partial charge in [-0.1, -0.05) is 36.8 Å². The highest BCUT2D eigenvalue weighted by molar-refractivity contribution is 7.89. The van der Waals surface area contributed by atoms with E-state index in [4.69, 9.17) is 11.6 Å². The van der Waals surface area contributed by atoms with Gasteiger partial charge in [-0.3, -0.25) is 9.69 Å². The van der Waals surface area contributed by atoms with E-state index >= 15 is 0 Å². The number of carbonyl (C=O) groups is 1. The molecule has 188 valence electrons. The summed E-state index contributed by atoms with van der Waals surface area (Å²) in [7, 11) is -3.89. The van der Waals surface area contributed by atoms with Crippen molar-refractivity contribution in [3.63, 3.8) is 0 Å². The fourth-order valence-electron chi connectivity index (χ4n) is 4.28. The molecule has 2 heterocycles. The largest absolute Gasteiger partial charge is 0.302 e. The van der Waals surface area contributed by atoms with Crippen LogP contribution >= 0.6 is 22.9 Å². The average Bonchev–Trinajstić information content (AvgIpc) is 3.49. The highest BCUT2D eigenvalue weighted by Gasteiger charge is 2.42. The summed E-state index contributed by atoms with van der Waals surface area (Å²) in [6, 6.07) is 9.45. The van der Waals surface area contributed by atoms with Crippen molar-refractivity contribution in [1.82, 2.24) is 14.2 Å². The summed E-state index contributed by atoms with van der Waals surface area (Å²) in [6.45, 7) is 6.97. The van der Waals surface area contributed by atoms with Gasteiger partial charge in [0.1, 0.15) is 11.9 Å². The maximum Gasteiger partial charge on any atom is 0.247 e. The average molecular weight is 539 g/mol. The summed E-state index contributed by atoms with van der Waals surface area (Å²) in [5.74, 6) is -0.684. The number of likely N-dealkylation sites (N-methyl/N-ethyl adjacent to an activating group) is 1. The molecule has 0 radical (unpaired) electrons. The maximum absolute atomic E-state index is 13.9. The number of rotatable bonds is 9. The van der Waals surface area contributed by atoms with E-state index in [9.17, 15) is 17.6 Å². The van der Waals surface area contributed by atoms with Gasteiger partial charge in [-0.15, -0.1) is 0 Å². The lowest BCUT2D eigenvalue weighted by atomic mass is 10.2. The Morgan fingerprint density at radius 3 is 2.57 bits per heavy atom. The number of sulfonamides is 1. The zero-order valence-corrected chi connectivity index (χ0v) is 22.0. The third kappa shape index (κ3) is 5.51. The van der Waals surface area contributed by atoms with Gasteiger partial charge in [0, 0.05) is 24.7 Å². The van der Waals surface area contributed by atoms with Crippen LogP contribution in [0.1, 0.15) is 26.7 Å². The number of nitrogens with zero attached hydrogens (tertiary/aromatic N) is 4. The Hall–Kier alpha value is -2.11. The lowest BCUT2D eigenvalue weighted by molar-refractivity contribution is -0.121. The second kappa shape index (κ2) is 10.9. The maximum atomic E-state index is 13.9. The fraction of sp³-hybridized carbons (Fsp3) is 0.417. The first-order chi connectivity index (χ1) is 16.7. The van der Waals surface area contributed by atoms with Crippen LogP contribution in [-0.2, 0) is 14.8 Å². The summed E-state index contributed by atoms with van der Waals surface area (Å²) in [6.07, 6.45) is 1.01. The summed E-state index contributed by atoms with van der Waals surface area (Å²) in [5, 5.41) is 0.881. The Kier molecular flexibility index (Phi) is 8.07. The molecule has 0 bridgehead atoms. The van der Waals surface area contributed by atoms with Crippen LogP contribution in [0.3, 0.4) is 0 Å². The molecule has 0 aliphatic carbocycles. The molecule has 3 aromatic rings. The smallest absolute Gasteiger partial charge is 0.247 e. The molecule has 1 atom stereocenters. The predicted molar refractivity (Wildman–Crippen MR) is 138 cm³/mol. The minimum absolute atomic E-state index is 0.103. The van der Waals surface area contributed by atoms with Gasteiger partial charge >= 0.3 is 0 Å². The second-order valence-electron chi connectivity index (χ2n) is 8.35. The van der Waals surface area contributed by atoms with Crippen molar-refractivity contribution in [2.75, 3.05) is 37.6 Å². The number of fused-ring (bicyclic) bond motifs is 1. The van der Waals surface area contributed by atoms with E-state index in [1.807, 2.05) is 13.8 Å². The molecule has 1 unspecified atom stereocenters. The minimum atomic E-state index is -3.89. The molecule has 2 aromatic carbocycles. The van der Waals surface area contributed by atoms with Crippen molar-refractivity contribution in [3.05, 3.63) is 53.3 Å². The van der Waals surface area contributed by atoms with Gasteiger partial charge in [0.2, 0.25) is 15.9 Å². The lowest BCUT2D eigenvalue weighted by Crippen LogP contribution is -2.49. The fourth-order valence-corrected chi connectivity index (χ4v) is 7.08. The zero-order valence-electron chi connectivity index (χ0n) is 19.7. The Balaban J connectivity index is 1.67. The molecule has 4 rings (SSSR count). The topological polar surface area (TPSA) is 73.8 Å². The van der Waals surface area contributed by atoms with Gasteiger partial charge < -0.3 is 4.90 Å². The van der Waals surface area contributed by atoms with Crippen LogP contribution in [0.5, 0.6) is 0 Å². The quantitative estimate of drug-likeness (QED) is 0.397. The van der Waals surface area contributed by atoms with Crippen molar-refractivity contribution in [1.29, 1.82) is 0 Å². The number of amides is 1. The molecule has 1 aliphatic rings. The van der Waals surface area contributed by atoms with E-state index in [0.29, 0.717) is 46.3 Å². The van der Waals surface area contributed by atoms with E-state index in [1.54, 1.807) is 11.0 Å². The number of benzene rings is 2. The molecule has 0 N–H and O–H groups in total. The normalized spacial score (nSPS) is 16.9. The van der Waals surface area contributed by atoms with Crippen molar-refractivity contribution in [2.45, 2.75) is 37.6 Å². The number of aromatic nitrogens is 1. The number of hydrogen-bond donors (Lipinski definition) is 0. The SMILES string of the molecule is CCN(CC)CCN(C(=O)C1CCCN1S(=O)(=O)c1ccc(Cl)cc1)c1nc2ccc(F)cc2s1. The van der Waals surface area contributed by atoms with E-state index in [-0.39, 0.29) is 23.2 Å². The molecule has 35 heavy (non-hydrogen) atoms. The molecular formula is C24H28ClFN4O3S2. The van der Waals surface area contributed by atoms with Crippen LogP contribution < -0.4 is 4.90 Å². The number of halogens is 2. The summed E-state index contributed by atoms with van der Waals surface area (Å²) >= 11 is 7.17. The summed E-state index contributed by atoms with van der Waals surface area (Å²) in [4.78, 5) is 22.3. The van der Waals surface area contributed by atoms with E-state index in [1.165, 1.54) is 52.0 Å². The first-order valence-electron chi connectivity index (χ1n) is 11.6. The highest BCUT2D eigenvalue weighted by Crippen LogP contribution is 2.33. The van der Waals surface area contributed by atoms with E-state index in [2.05, 4.69) is 9.88 Å². The first kappa shape index (κ1) is 26.0. The standard InChI is InChI=1S/C24H28ClFN4O3S2/c1-3-28(4-2)14-15-29(24-27-20-12-9-18(26)16-22(20)34-24)23(31)21-6-5-13-30(21)35(32,33)19-10-7-17(25)8-11-19/h7-12,16,21H,3-6,13-15H2,1-2H3. The first-order valence-corrected chi connectivity index (χ1v) is 14.2. The highest BCUT2D eigenvalue weighted by atomic mass is 35.5. The molecule has 1 aromatic heterocycles. The molecule has 7 nitrogen and oxygen atoms in total. The molecule has 0 spiro atoms. The second-order valence-corrected chi connectivity index (χ2v) is 11.7. The van der Waals surface area contributed by atoms with Crippen LogP contribution in [0.25, 0.3) is 10.2 Å². The van der Waals surface area contributed by atoms with Gasteiger partial charge in [-0.25, -0.2) is 17.8 Å². The third-order valence-electron chi connectivity index (χ3n) is 6.28. The Morgan fingerprint density at radius 1 is 1.17 bits per heavy atom. The van der Waals surface area contributed by atoms with Crippen LogP contribution in [0.2, 0.25) is 5.02 Å². The number of anilines is 1. The molecule has 0 saturated carbocycles. The van der Waals surface area contributed by atoms with Gasteiger partial charge in [-0.2, -0.15) is 4.31 Å². The number of hydrogen-bond acceptors (Lipinski definition) is 6. The summed E-state index contributed by atoms with van der Waals surface area (Å²) < 4.78 is 42.5. The predicted octanol–water partition coefficient (Wildman–Crippen LogP) is 4.62.